The van der Waals surface area contributed by atoms with Gasteiger partial charge >= 0.3 is 12.1 Å². The number of halogens is 3. The van der Waals surface area contributed by atoms with Crippen LogP contribution in [0.5, 0.6) is 0 Å². The molecule has 2 aliphatic heterocycles. The maximum atomic E-state index is 13.0. The molecule has 0 aromatic carbocycles. The van der Waals surface area contributed by atoms with E-state index in [2.05, 4.69) is 4.98 Å². The van der Waals surface area contributed by atoms with E-state index in [1.54, 1.807) is 16.7 Å². The number of nitrogens with zero attached hydrogens (tertiary/aromatic N) is 3. The lowest BCUT2D eigenvalue weighted by Crippen LogP contribution is -2.50. The molecule has 0 bridgehead atoms. The van der Waals surface area contributed by atoms with Gasteiger partial charge in [-0.3, -0.25) is 9.78 Å². The highest BCUT2D eigenvalue weighted by atomic mass is 32.2. The number of sulfonamides is 1. The molecule has 1 N–H and O–H groups in total. The Morgan fingerprint density at radius 2 is 1.94 bits per heavy atom. The van der Waals surface area contributed by atoms with Gasteiger partial charge in [0.15, 0.2) is 0 Å². The lowest BCUT2D eigenvalue weighted by molar-refractivity contribution is -0.192. The fourth-order valence-electron chi connectivity index (χ4n) is 4.02. The minimum absolute atomic E-state index is 0.113. The molecule has 1 spiro atoms. The Balaban J connectivity index is 0.000000339. The van der Waals surface area contributed by atoms with Crippen molar-refractivity contribution in [3.8, 4) is 0 Å². The molecule has 1 unspecified atom stereocenters. The van der Waals surface area contributed by atoms with Crippen molar-refractivity contribution in [1.29, 1.82) is 0 Å². The van der Waals surface area contributed by atoms with Crippen LogP contribution in [-0.4, -0.2) is 70.7 Å². The number of aliphatic carboxylic acids is 1. The zero-order valence-electron chi connectivity index (χ0n) is 16.7. The summed E-state index contributed by atoms with van der Waals surface area (Å²) in [6.45, 7) is 2.19. The molecule has 1 saturated carbocycles. The number of carbonyl (C=O) groups excluding carboxylic acids is 1. The van der Waals surface area contributed by atoms with Crippen molar-refractivity contribution in [3.05, 3.63) is 30.1 Å². The van der Waals surface area contributed by atoms with Gasteiger partial charge in [-0.1, -0.05) is 6.07 Å². The molecule has 0 radical (unpaired) electrons. The summed E-state index contributed by atoms with van der Waals surface area (Å²) in [6, 6.07) is 3.84. The molecule has 3 aliphatic rings. The van der Waals surface area contributed by atoms with Crippen molar-refractivity contribution in [2.24, 2.45) is 5.41 Å². The number of pyridine rings is 1. The molecule has 1 amide bonds. The van der Waals surface area contributed by atoms with Gasteiger partial charge in [0.1, 0.15) is 0 Å². The Hall–Kier alpha value is -2.21. The Morgan fingerprint density at radius 3 is 2.48 bits per heavy atom. The van der Waals surface area contributed by atoms with Gasteiger partial charge in [-0.25, -0.2) is 17.5 Å². The molecule has 31 heavy (non-hydrogen) atoms. The van der Waals surface area contributed by atoms with E-state index in [0.29, 0.717) is 26.2 Å². The predicted molar refractivity (Wildman–Crippen MR) is 103 cm³/mol. The number of likely N-dealkylation sites (tertiary alicyclic amines) is 1. The summed E-state index contributed by atoms with van der Waals surface area (Å²) in [4.78, 5) is 27.9. The zero-order chi connectivity index (χ0) is 22.9. The van der Waals surface area contributed by atoms with Crippen LogP contribution in [0, 0.1) is 5.41 Å². The first kappa shape index (κ1) is 23.5. The van der Waals surface area contributed by atoms with Crippen LogP contribution in [0.2, 0.25) is 0 Å². The van der Waals surface area contributed by atoms with Crippen LogP contribution in [0.25, 0.3) is 0 Å². The molecular weight excluding hydrogens is 439 g/mol. The van der Waals surface area contributed by atoms with E-state index >= 15 is 0 Å². The Labute approximate surface area is 178 Å². The average molecular weight is 463 g/mol. The highest BCUT2D eigenvalue weighted by Gasteiger charge is 2.52. The summed E-state index contributed by atoms with van der Waals surface area (Å²) < 4.78 is 58.5. The van der Waals surface area contributed by atoms with Crippen LogP contribution in [0.15, 0.2) is 24.5 Å². The lowest BCUT2D eigenvalue weighted by atomic mass is 9.79. The maximum absolute atomic E-state index is 13.0. The second-order valence-corrected chi connectivity index (χ2v) is 10.3. The normalized spacial score (nSPS) is 24.7. The predicted octanol–water partition coefficient (Wildman–Crippen LogP) is 2.02. The number of carboxylic acid groups (broad SMARTS) is 1. The van der Waals surface area contributed by atoms with Gasteiger partial charge in [-0.05, 0) is 43.7 Å². The van der Waals surface area contributed by atoms with Crippen LogP contribution in [0.1, 0.15) is 37.7 Å². The van der Waals surface area contributed by atoms with Crippen molar-refractivity contribution in [2.45, 2.75) is 50.1 Å². The Kier molecular flexibility index (Phi) is 6.61. The van der Waals surface area contributed by atoms with Crippen molar-refractivity contribution in [1.82, 2.24) is 14.2 Å². The van der Waals surface area contributed by atoms with E-state index in [0.717, 1.165) is 37.7 Å². The number of rotatable bonds is 4. The molecule has 8 nitrogen and oxygen atoms in total. The second kappa shape index (κ2) is 8.73. The first-order valence-corrected chi connectivity index (χ1v) is 11.4. The van der Waals surface area contributed by atoms with Gasteiger partial charge < -0.3 is 10.0 Å². The largest absolute Gasteiger partial charge is 0.490 e. The monoisotopic (exact) mass is 463 g/mol. The summed E-state index contributed by atoms with van der Waals surface area (Å²) in [5, 5.41) is 6.93. The summed E-state index contributed by atoms with van der Waals surface area (Å²) >= 11 is 0. The number of carboxylic acids is 1. The van der Waals surface area contributed by atoms with Crippen LogP contribution in [0.4, 0.5) is 13.2 Å². The molecule has 3 fully saturated rings. The molecule has 1 aliphatic carbocycles. The van der Waals surface area contributed by atoms with Gasteiger partial charge in [-0.2, -0.15) is 13.2 Å². The van der Waals surface area contributed by atoms with Crippen molar-refractivity contribution >= 4 is 21.9 Å². The zero-order valence-corrected chi connectivity index (χ0v) is 17.5. The van der Waals surface area contributed by atoms with E-state index in [9.17, 15) is 26.4 Å². The van der Waals surface area contributed by atoms with Gasteiger partial charge in [-0.15, -0.1) is 0 Å². The number of piperidine rings is 1. The summed E-state index contributed by atoms with van der Waals surface area (Å²) in [5.41, 5.74) is 0.503. The van der Waals surface area contributed by atoms with Crippen LogP contribution < -0.4 is 0 Å². The number of alkyl halides is 3. The van der Waals surface area contributed by atoms with E-state index < -0.39 is 27.6 Å². The van der Waals surface area contributed by atoms with Crippen molar-refractivity contribution in [3.63, 3.8) is 0 Å². The molecule has 2 saturated heterocycles. The molecule has 1 aromatic rings. The molecule has 3 heterocycles. The van der Waals surface area contributed by atoms with E-state index in [1.807, 2.05) is 17.0 Å². The van der Waals surface area contributed by atoms with Gasteiger partial charge in [0, 0.05) is 38.6 Å². The minimum atomic E-state index is -5.08. The smallest absolute Gasteiger partial charge is 0.475 e. The van der Waals surface area contributed by atoms with Crippen LogP contribution >= 0.6 is 0 Å². The van der Waals surface area contributed by atoms with E-state index in [-0.39, 0.29) is 11.2 Å². The van der Waals surface area contributed by atoms with Gasteiger partial charge in [0.25, 0.3) is 0 Å². The number of aromatic nitrogens is 1. The lowest BCUT2D eigenvalue weighted by Gasteiger charge is -2.38. The number of amides is 1. The third-order valence-corrected chi connectivity index (χ3v) is 8.13. The van der Waals surface area contributed by atoms with Gasteiger partial charge in [0.2, 0.25) is 15.9 Å². The molecular formula is C19H24F3N3O5S. The number of hydrogen-bond acceptors (Lipinski definition) is 5. The first-order chi connectivity index (χ1) is 14.5. The molecule has 1 aromatic heterocycles. The number of hydrogen-bond donors (Lipinski definition) is 1. The summed E-state index contributed by atoms with van der Waals surface area (Å²) in [5.74, 6) is -2.64. The third kappa shape index (κ3) is 5.35. The fraction of sp³-hybridized carbons (Fsp3) is 0.632. The number of carbonyl (C=O) groups is 2. The van der Waals surface area contributed by atoms with Crippen molar-refractivity contribution < 1.29 is 36.3 Å². The highest BCUT2D eigenvalue weighted by Crippen LogP contribution is 2.43. The first-order valence-electron chi connectivity index (χ1n) is 9.93. The van der Waals surface area contributed by atoms with Crippen LogP contribution in [0.3, 0.4) is 0 Å². The third-order valence-electron chi connectivity index (χ3n) is 5.79. The Bertz CT molecular complexity index is 921. The quantitative estimate of drug-likeness (QED) is 0.732. The van der Waals surface area contributed by atoms with Gasteiger partial charge in [0.05, 0.1) is 10.7 Å². The minimum Gasteiger partial charge on any atom is -0.475 e. The standard InChI is InChI=1S/C17H23N3O3S.C2HF3O2/c21-16-17(7-10-19(16)12-14-3-1-8-18-11-14)6-2-9-20(13-17)24(22,23)15-4-5-15;3-2(4,5)1(6)7/h1,3,8,11,15H,2,4-7,9-10,12-13H2;(H,6,7). The van der Waals surface area contributed by atoms with E-state index in [4.69, 9.17) is 9.90 Å². The molecule has 172 valence electrons. The summed E-state index contributed by atoms with van der Waals surface area (Å²) in [7, 11) is -3.20. The fourth-order valence-corrected chi connectivity index (χ4v) is 5.98. The molecule has 1 atom stereocenters. The maximum Gasteiger partial charge on any atom is 0.490 e. The molecule has 12 heteroatoms. The molecule has 4 rings (SSSR count). The van der Waals surface area contributed by atoms with Crippen molar-refractivity contribution in [2.75, 3.05) is 19.6 Å². The Morgan fingerprint density at radius 1 is 1.26 bits per heavy atom. The van der Waals surface area contributed by atoms with E-state index in [1.165, 1.54) is 0 Å². The summed E-state index contributed by atoms with van der Waals surface area (Å²) in [6.07, 6.45) is 2.29. The topological polar surface area (TPSA) is 108 Å². The van der Waals surface area contributed by atoms with Crippen LogP contribution in [-0.2, 0) is 26.2 Å². The SMILES string of the molecule is O=C(O)C(F)(F)F.O=C1N(Cc2cccnc2)CCC12CCCN(S(=O)(=O)C1CC1)C2. The highest BCUT2D eigenvalue weighted by molar-refractivity contribution is 7.90. The second-order valence-electron chi connectivity index (χ2n) is 8.10. The average Bonchev–Trinajstić information content (AvgIpc) is 3.53.